The number of pyridine rings is 1. The molecular formula is C29H25N3. The van der Waals surface area contributed by atoms with Crippen molar-refractivity contribution < 1.29 is 0 Å². The normalized spacial score (nSPS) is 11.9. The molecular weight excluding hydrogens is 390 g/mol. The van der Waals surface area contributed by atoms with Gasteiger partial charge >= 0.3 is 0 Å². The minimum atomic E-state index is 0.626. The Morgan fingerprint density at radius 3 is 1.94 bits per heavy atom. The van der Waals surface area contributed by atoms with Crippen molar-refractivity contribution in [3.05, 3.63) is 132 Å². The van der Waals surface area contributed by atoms with Crippen molar-refractivity contribution in [1.82, 2.24) is 4.98 Å². The van der Waals surface area contributed by atoms with E-state index >= 15 is 0 Å². The molecule has 3 aromatic carbocycles. The number of rotatable bonds is 5. The second kappa shape index (κ2) is 9.80. The molecule has 0 atom stereocenters. The lowest BCUT2D eigenvalue weighted by Gasteiger charge is -2.08. The van der Waals surface area contributed by atoms with Gasteiger partial charge in [-0.05, 0) is 31.5 Å². The van der Waals surface area contributed by atoms with E-state index in [-0.39, 0.29) is 0 Å². The molecule has 156 valence electrons. The van der Waals surface area contributed by atoms with E-state index in [2.05, 4.69) is 42.8 Å². The third-order valence-corrected chi connectivity index (χ3v) is 5.18. The largest absolute Gasteiger partial charge is 0.256 e. The fraction of sp³-hybridized carbons (Fsp3) is 0.0690. The standard InChI is InChI=1S/C29H25N3/c1-21-14-16-24(17-15-21)22(2)31-29(26-12-8-5-9-13-26)32-23(3)27-18-19-28(30-20-27)25-10-6-4-7-11-25/h4-20H,2H2,1,3H3. The first-order chi connectivity index (χ1) is 15.6. The maximum Gasteiger partial charge on any atom is 0.160 e. The van der Waals surface area contributed by atoms with E-state index in [1.807, 2.05) is 85.9 Å². The van der Waals surface area contributed by atoms with Gasteiger partial charge in [-0.1, -0.05) is 97.1 Å². The fourth-order valence-corrected chi connectivity index (χ4v) is 3.29. The predicted octanol–water partition coefficient (Wildman–Crippen LogP) is 6.98. The Bertz CT molecular complexity index is 1250. The zero-order valence-electron chi connectivity index (χ0n) is 18.4. The molecule has 0 saturated heterocycles. The molecule has 0 amide bonds. The van der Waals surface area contributed by atoms with Crippen LogP contribution in [0.3, 0.4) is 0 Å². The molecule has 3 nitrogen and oxygen atoms in total. The summed E-state index contributed by atoms with van der Waals surface area (Å²) in [5, 5.41) is 0. The lowest BCUT2D eigenvalue weighted by atomic mass is 10.1. The first-order valence-corrected chi connectivity index (χ1v) is 10.6. The van der Waals surface area contributed by atoms with Gasteiger partial charge in [-0.3, -0.25) is 4.98 Å². The van der Waals surface area contributed by atoms with Crippen molar-refractivity contribution in [2.45, 2.75) is 13.8 Å². The van der Waals surface area contributed by atoms with Crippen molar-refractivity contribution in [2.75, 3.05) is 0 Å². The van der Waals surface area contributed by atoms with Crippen LogP contribution in [0.2, 0.25) is 0 Å². The van der Waals surface area contributed by atoms with Crippen molar-refractivity contribution >= 4 is 17.2 Å². The highest BCUT2D eigenvalue weighted by Gasteiger charge is 2.07. The molecule has 0 N–H and O–H groups in total. The molecule has 0 aliphatic carbocycles. The third kappa shape index (κ3) is 5.13. The number of benzene rings is 3. The van der Waals surface area contributed by atoms with Gasteiger partial charge in [-0.25, -0.2) is 9.98 Å². The number of nitrogens with zero attached hydrogens (tertiary/aromatic N) is 3. The summed E-state index contributed by atoms with van der Waals surface area (Å²) in [6.45, 7) is 8.22. The summed E-state index contributed by atoms with van der Waals surface area (Å²) in [5.74, 6) is 0.626. The fourth-order valence-electron chi connectivity index (χ4n) is 3.29. The van der Waals surface area contributed by atoms with Crippen LogP contribution in [0, 0.1) is 6.92 Å². The summed E-state index contributed by atoms with van der Waals surface area (Å²) >= 11 is 0. The van der Waals surface area contributed by atoms with Crippen LogP contribution in [-0.4, -0.2) is 16.5 Å². The van der Waals surface area contributed by atoms with Crippen LogP contribution < -0.4 is 0 Å². The van der Waals surface area contributed by atoms with Crippen molar-refractivity contribution in [3.63, 3.8) is 0 Å². The van der Waals surface area contributed by atoms with Crippen molar-refractivity contribution in [3.8, 4) is 11.3 Å². The zero-order valence-corrected chi connectivity index (χ0v) is 18.4. The van der Waals surface area contributed by atoms with Crippen molar-refractivity contribution in [2.24, 2.45) is 9.98 Å². The van der Waals surface area contributed by atoms with Crippen LogP contribution in [0.4, 0.5) is 0 Å². The van der Waals surface area contributed by atoms with Crippen LogP contribution >= 0.6 is 0 Å². The minimum Gasteiger partial charge on any atom is -0.256 e. The number of hydrogen-bond donors (Lipinski definition) is 0. The Balaban J connectivity index is 1.67. The molecule has 0 bridgehead atoms. The monoisotopic (exact) mass is 415 g/mol. The molecule has 0 spiro atoms. The summed E-state index contributed by atoms with van der Waals surface area (Å²) in [4.78, 5) is 14.3. The molecule has 4 rings (SSSR count). The average Bonchev–Trinajstić information content (AvgIpc) is 2.85. The first kappa shape index (κ1) is 21.1. The van der Waals surface area contributed by atoms with E-state index in [9.17, 15) is 0 Å². The molecule has 32 heavy (non-hydrogen) atoms. The van der Waals surface area contributed by atoms with E-state index in [1.54, 1.807) is 0 Å². The van der Waals surface area contributed by atoms with Gasteiger partial charge in [0.05, 0.1) is 11.4 Å². The van der Waals surface area contributed by atoms with E-state index in [4.69, 9.17) is 9.98 Å². The SMILES string of the molecule is C=C(N=C(N=C(C)c1ccc(-c2ccccc2)nc1)c1ccccc1)c1ccc(C)cc1. The van der Waals surface area contributed by atoms with E-state index in [0.717, 1.165) is 33.7 Å². The van der Waals surface area contributed by atoms with Gasteiger partial charge in [-0.2, -0.15) is 0 Å². The Hall–Kier alpha value is -4.11. The number of aliphatic imine (C=N–C) groups is 2. The predicted molar refractivity (Wildman–Crippen MR) is 135 cm³/mol. The topological polar surface area (TPSA) is 37.6 Å². The van der Waals surface area contributed by atoms with Crippen LogP contribution in [0.1, 0.15) is 29.2 Å². The second-order valence-electron chi connectivity index (χ2n) is 7.61. The van der Waals surface area contributed by atoms with Crippen LogP contribution in [-0.2, 0) is 0 Å². The van der Waals surface area contributed by atoms with Gasteiger partial charge < -0.3 is 0 Å². The number of aryl methyl sites for hydroxylation is 1. The molecule has 0 radical (unpaired) electrons. The number of aromatic nitrogens is 1. The third-order valence-electron chi connectivity index (χ3n) is 5.18. The molecule has 0 unspecified atom stereocenters. The maximum atomic E-state index is 4.87. The minimum absolute atomic E-state index is 0.626. The van der Waals surface area contributed by atoms with E-state index in [0.29, 0.717) is 11.5 Å². The summed E-state index contributed by atoms with van der Waals surface area (Å²) < 4.78 is 0. The molecule has 0 saturated carbocycles. The van der Waals surface area contributed by atoms with E-state index < -0.39 is 0 Å². The molecule has 4 aromatic rings. The Morgan fingerprint density at radius 2 is 1.31 bits per heavy atom. The highest BCUT2D eigenvalue weighted by atomic mass is 14.9. The molecule has 0 aliphatic heterocycles. The van der Waals surface area contributed by atoms with Crippen LogP contribution in [0.25, 0.3) is 17.0 Å². The zero-order chi connectivity index (χ0) is 22.3. The Labute approximate surface area is 189 Å². The molecule has 1 heterocycles. The smallest absolute Gasteiger partial charge is 0.160 e. The Morgan fingerprint density at radius 1 is 0.688 bits per heavy atom. The van der Waals surface area contributed by atoms with Gasteiger partial charge in [0.15, 0.2) is 5.84 Å². The summed E-state index contributed by atoms with van der Waals surface area (Å²) in [6.07, 6.45) is 1.86. The van der Waals surface area contributed by atoms with Gasteiger partial charge in [0.2, 0.25) is 0 Å². The molecule has 0 aliphatic rings. The van der Waals surface area contributed by atoms with Gasteiger partial charge in [0, 0.05) is 28.6 Å². The molecule has 3 heteroatoms. The second-order valence-corrected chi connectivity index (χ2v) is 7.61. The first-order valence-electron chi connectivity index (χ1n) is 10.6. The quantitative estimate of drug-likeness (QED) is 0.256. The lowest BCUT2D eigenvalue weighted by Crippen LogP contribution is -2.04. The van der Waals surface area contributed by atoms with Gasteiger partial charge in [-0.15, -0.1) is 0 Å². The Kier molecular flexibility index (Phi) is 6.47. The summed E-state index contributed by atoms with van der Waals surface area (Å²) in [5.41, 5.74) is 7.62. The van der Waals surface area contributed by atoms with E-state index in [1.165, 1.54) is 5.56 Å². The van der Waals surface area contributed by atoms with Gasteiger partial charge in [0.1, 0.15) is 0 Å². The highest BCUT2D eigenvalue weighted by Crippen LogP contribution is 2.19. The molecule has 0 fully saturated rings. The number of hydrogen-bond acceptors (Lipinski definition) is 2. The van der Waals surface area contributed by atoms with Gasteiger partial charge in [0.25, 0.3) is 0 Å². The highest BCUT2D eigenvalue weighted by molar-refractivity contribution is 6.12. The van der Waals surface area contributed by atoms with Crippen molar-refractivity contribution in [1.29, 1.82) is 0 Å². The maximum absolute atomic E-state index is 4.87. The van der Waals surface area contributed by atoms with Crippen LogP contribution in [0.15, 0.2) is 120 Å². The lowest BCUT2D eigenvalue weighted by molar-refractivity contribution is 1.31. The average molecular weight is 416 g/mol. The molecule has 1 aromatic heterocycles. The number of amidine groups is 1. The summed E-state index contributed by atoms with van der Waals surface area (Å²) in [7, 11) is 0. The summed E-state index contributed by atoms with van der Waals surface area (Å²) in [6, 6.07) is 32.4. The van der Waals surface area contributed by atoms with Crippen LogP contribution in [0.5, 0.6) is 0 Å².